The molecule has 4 rings (SSSR count). The SMILES string of the molecule is CC(C)(C)c1ccc(OCCn2c(O)c(N=NC(=O)c3ccc(O)cc3)c3ccccc32)cc1. The number of fused-ring (bicyclic) bond motifs is 1. The molecule has 174 valence electrons. The summed E-state index contributed by atoms with van der Waals surface area (Å²) in [7, 11) is 0. The van der Waals surface area contributed by atoms with E-state index in [1.165, 1.54) is 29.8 Å². The lowest BCUT2D eigenvalue weighted by Gasteiger charge is -2.19. The fraction of sp³-hybridized carbons (Fsp3) is 0.222. The van der Waals surface area contributed by atoms with Crippen molar-refractivity contribution in [1.82, 2.24) is 4.57 Å². The lowest BCUT2D eigenvalue weighted by molar-refractivity contribution is 0.0995. The molecular formula is C27H27N3O4. The first-order valence-electron chi connectivity index (χ1n) is 11.0. The molecule has 0 aliphatic rings. The molecule has 0 fully saturated rings. The molecule has 34 heavy (non-hydrogen) atoms. The van der Waals surface area contributed by atoms with E-state index in [0.717, 1.165) is 11.3 Å². The second kappa shape index (κ2) is 9.39. The summed E-state index contributed by atoms with van der Waals surface area (Å²) < 4.78 is 7.59. The van der Waals surface area contributed by atoms with E-state index in [-0.39, 0.29) is 28.3 Å². The van der Waals surface area contributed by atoms with Gasteiger partial charge < -0.3 is 19.5 Å². The number of hydrogen-bond donors (Lipinski definition) is 2. The number of carbonyl (C=O) groups is 1. The van der Waals surface area contributed by atoms with Gasteiger partial charge >= 0.3 is 0 Å². The molecule has 0 saturated carbocycles. The molecule has 3 aromatic carbocycles. The number of ether oxygens (including phenoxy) is 1. The predicted molar refractivity (Wildman–Crippen MR) is 131 cm³/mol. The van der Waals surface area contributed by atoms with Gasteiger partial charge in [0.25, 0.3) is 5.91 Å². The molecule has 0 radical (unpaired) electrons. The molecule has 0 unspecified atom stereocenters. The van der Waals surface area contributed by atoms with Gasteiger partial charge in [0.05, 0.1) is 12.1 Å². The molecule has 4 aromatic rings. The van der Waals surface area contributed by atoms with Crippen LogP contribution in [-0.4, -0.2) is 27.3 Å². The zero-order valence-corrected chi connectivity index (χ0v) is 19.4. The van der Waals surface area contributed by atoms with Gasteiger partial charge in [0.1, 0.15) is 18.1 Å². The minimum Gasteiger partial charge on any atom is -0.508 e. The quantitative estimate of drug-likeness (QED) is 0.330. The zero-order valence-electron chi connectivity index (χ0n) is 19.4. The van der Waals surface area contributed by atoms with E-state index in [9.17, 15) is 15.0 Å². The third kappa shape index (κ3) is 4.93. The molecule has 0 bridgehead atoms. The number of hydrogen-bond acceptors (Lipinski definition) is 5. The Morgan fingerprint density at radius 3 is 2.29 bits per heavy atom. The molecular weight excluding hydrogens is 430 g/mol. The molecule has 7 heteroatoms. The highest BCUT2D eigenvalue weighted by Gasteiger charge is 2.17. The fourth-order valence-corrected chi connectivity index (χ4v) is 3.66. The van der Waals surface area contributed by atoms with Crippen LogP contribution in [0.15, 0.2) is 83.0 Å². The number of aromatic hydroxyl groups is 2. The van der Waals surface area contributed by atoms with Crippen LogP contribution in [0.25, 0.3) is 10.9 Å². The maximum Gasteiger partial charge on any atom is 0.295 e. The van der Waals surface area contributed by atoms with E-state index in [1.807, 2.05) is 36.4 Å². The van der Waals surface area contributed by atoms with E-state index in [1.54, 1.807) is 4.57 Å². The third-order valence-corrected chi connectivity index (χ3v) is 5.58. The number of phenolic OH excluding ortho intramolecular Hbond substituents is 1. The van der Waals surface area contributed by atoms with Crippen LogP contribution in [0, 0.1) is 0 Å². The minimum atomic E-state index is -0.571. The highest BCUT2D eigenvalue weighted by Crippen LogP contribution is 2.38. The van der Waals surface area contributed by atoms with Crippen molar-refractivity contribution in [2.45, 2.75) is 32.7 Å². The van der Waals surface area contributed by atoms with Gasteiger partial charge in [-0.2, -0.15) is 0 Å². The van der Waals surface area contributed by atoms with Crippen LogP contribution < -0.4 is 4.74 Å². The highest BCUT2D eigenvalue weighted by atomic mass is 16.5. The highest BCUT2D eigenvalue weighted by molar-refractivity contribution is 5.97. The summed E-state index contributed by atoms with van der Waals surface area (Å²) in [6, 6.07) is 21.1. The Kier molecular flexibility index (Phi) is 6.36. The summed E-state index contributed by atoms with van der Waals surface area (Å²) in [6.45, 7) is 7.21. The van der Waals surface area contributed by atoms with Crippen molar-refractivity contribution in [2.75, 3.05) is 6.61 Å². The lowest BCUT2D eigenvalue weighted by Crippen LogP contribution is -2.11. The number of benzene rings is 3. The first-order chi connectivity index (χ1) is 16.2. The van der Waals surface area contributed by atoms with Gasteiger partial charge in [0, 0.05) is 10.9 Å². The maximum absolute atomic E-state index is 12.3. The number of azo groups is 1. The summed E-state index contributed by atoms with van der Waals surface area (Å²) in [5, 5.41) is 28.8. The van der Waals surface area contributed by atoms with Crippen molar-refractivity contribution >= 4 is 22.5 Å². The van der Waals surface area contributed by atoms with Crippen LogP contribution in [0.5, 0.6) is 17.4 Å². The van der Waals surface area contributed by atoms with Crippen LogP contribution in [0.3, 0.4) is 0 Å². The minimum absolute atomic E-state index is 0.0570. The Morgan fingerprint density at radius 2 is 1.62 bits per heavy atom. The molecule has 1 heterocycles. The summed E-state index contributed by atoms with van der Waals surface area (Å²) in [5.41, 5.74) is 2.57. The van der Waals surface area contributed by atoms with Crippen molar-refractivity contribution in [3.05, 3.63) is 83.9 Å². The molecule has 0 aliphatic carbocycles. The number of phenols is 1. The first-order valence-corrected chi connectivity index (χ1v) is 11.0. The summed E-state index contributed by atoms with van der Waals surface area (Å²) in [4.78, 5) is 12.3. The number of para-hydroxylation sites is 1. The second-order valence-corrected chi connectivity index (χ2v) is 9.02. The summed E-state index contributed by atoms with van der Waals surface area (Å²) in [5.74, 6) is 0.151. The topological polar surface area (TPSA) is 96.4 Å². The van der Waals surface area contributed by atoms with Crippen LogP contribution in [0.1, 0.15) is 36.7 Å². The number of rotatable bonds is 6. The average Bonchev–Trinajstić information content (AvgIpc) is 3.08. The van der Waals surface area contributed by atoms with Crippen LogP contribution in [0.2, 0.25) is 0 Å². The smallest absolute Gasteiger partial charge is 0.295 e. The zero-order chi connectivity index (χ0) is 24.3. The Labute approximate surface area is 198 Å². The Hall–Kier alpha value is -4.13. The average molecular weight is 458 g/mol. The van der Waals surface area contributed by atoms with Crippen LogP contribution >= 0.6 is 0 Å². The standard InChI is InChI=1S/C27H27N3O4/c1-27(2,3)19-10-14-21(15-11-19)34-17-16-30-23-7-5-4-6-22(23)24(26(30)33)28-29-25(32)18-8-12-20(31)13-9-18/h4-15,31,33H,16-17H2,1-3H3. The maximum atomic E-state index is 12.3. The number of amides is 1. The second-order valence-electron chi connectivity index (χ2n) is 9.02. The van der Waals surface area contributed by atoms with E-state index < -0.39 is 5.91 Å². The molecule has 0 spiro atoms. The van der Waals surface area contributed by atoms with Crippen molar-refractivity contribution in [3.63, 3.8) is 0 Å². The Morgan fingerprint density at radius 1 is 0.941 bits per heavy atom. The van der Waals surface area contributed by atoms with Crippen molar-refractivity contribution in [3.8, 4) is 17.4 Å². The number of nitrogens with zero attached hydrogens (tertiary/aromatic N) is 3. The number of carbonyl (C=O) groups excluding carboxylic acids is 1. The molecule has 2 N–H and O–H groups in total. The summed E-state index contributed by atoms with van der Waals surface area (Å²) >= 11 is 0. The van der Waals surface area contributed by atoms with Gasteiger partial charge in [-0.3, -0.25) is 4.79 Å². The molecule has 0 saturated heterocycles. The van der Waals surface area contributed by atoms with Crippen LogP contribution in [-0.2, 0) is 12.0 Å². The van der Waals surface area contributed by atoms with Crippen molar-refractivity contribution in [2.24, 2.45) is 10.2 Å². The van der Waals surface area contributed by atoms with E-state index in [0.29, 0.717) is 18.5 Å². The van der Waals surface area contributed by atoms with E-state index >= 15 is 0 Å². The largest absolute Gasteiger partial charge is 0.508 e. The van der Waals surface area contributed by atoms with Gasteiger partial charge in [0.2, 0.25) is 5.88 Å². The van der Waals surface area contributed by atoms with Crippen LogP contribution in [0.4, 0.5) is 5.69 Å². The fourth-order valence-electron chi connectivity index (χ4n) is 3.66. The lowest BCUT2D eigenvalue weighted by atomic mass is 9.87. The molecule has 7 nitrogen and oxygen atoms in total. The normalized spacial score (nSPS) is 11.9. The molecule has 1 amide bonds. The molecule has 1 aromatic heterocycles. The third-order valence-electron chi connectivity index (χ3n) is 5.58. The first kappa shape index (κ1) is 23.0. The summed E-state index contributed by atoms with van der Waals surface area (Å²) in [6.07, 6.45) is 0. The van der Waals surface area contributed by atoms with Gasteiger partial charge in [-0.1, -0.05) is 51.1 Å². The van der Waals surface area contributed by atoms with Gasteiger partial charge in [-0.05, 0) is 53.4 Å². The van der Waals surface area contributed by atoms with Gasteiger partial charge in [0.15, 0.2) is 5.69 Å². The number of aromatic nitrogens is 1. The van der Waals surface area contributed by atoms with Crippen molar-refractivity contribution < 1.29 is 19.7 Å². The van der Waals surface area contributed by atoms with Gasteiger partial charge in [-0.15, -0.1) is 10.2 Å². The molecule has 0 atom stereocenters. The van der Waals surface area contributed by atoms with Crippen molar-refractivity contribution in [1.29, 1.82) is 0 Å². The van der Waals surface area contributed by atoms with Gasteiger partial charge in [-0.25, -0.2) is 0 Å². The Bertz CT molecular complexity index is 1330. The predicted octanol–water partition coefficient (Wildman–Crippen LogP) is 6.35. The molecule has 0 aliphatic heterocycles. The Balaban J connectivity index is 1.52. The monoisotopic (exact) mass is 457 g/mol. The van der Waals surface area contributed by atoms with E-state index in [4.69, 9.17) is 4.74 Å². The van der Waals surface area contributed by atoms with E-state index in [2.05, 4.69) is 43.1 Å².